The van der Waals surface area contributed by atoms with Crippen LogP contribution in [0.15, 0.2) is 36.7 Å². The molecule has 1 aromatic carbocycles. The molecule has 7 heteroatoms. The molecule has 1 aliphatic rings. The Labute approximate surface area is 159 Å². The fourth-order valence-electron chi connectivity index (χ4n) is 3.83. The van der Waals surface area contributed by atoms with E-state index in [2.05, 4.69) is 38.7 Å². The fourth-order valence-corrected chi connectivity index (χ4v) is 3.83. The second kappa shape index (κ2) is 7.52. The average molecular weight is 366 g/mol. The van der Waals surface area contributed by atoms with E-state index in [1.165, 1.54) is 0 Å². The van der Waals surface area contributed by atoms with Crippen LogP contribution in [0.5, 0.6) is 0 Å². The van der Waals surface area contributed by atoms with Crippen molar-refractivity contribution in [1.82, 2.24) is 29.5 Å². The number of piperidine rings is 1. The minimum atomic E-state index is 0.00328. The molecule has 0 bridgehead atoms. The number of rotatable bonds is 5. The molecule has 1 unspecified atom stereocenters. The third-order valence-electron chi connectivity index (χ3n) is 5.28. The number of benzene rings is 1. The zero-order valence-corrected chi connectivity index (χ0v) is 15.9. The van der Waals surface area contributed by atoms with Gasteiger partial charge in [-0.2, -0.15) is 5.10 Å². The summed E-state index contributed by atoms with van der Waals surface area (Å²) in [5, 5.41) is 8.13. The smallest absolute Gasteiger partial charge is 0.275 e. The van der Waals surface area contributed by atoms with Crippen LogP contribution in [0.25, 0.3) is 10.9 Å². The summed E-state index contributed by atoms with van der Waals surface area (Å²) in [7, 11) is 4.15. The summed E-state index contributed by atoms with van der Waals surface area (Å²) in [4.78, 5) is 21.8. The SMILES string of the molecule is CN(C)CCn1ccnc1C1CCCN(C(=O)c2n[nH]c3ccccc23)C1. The van der Waals surface area contributed by atoms with E-state index in [1.54, 1.807) is 0 Å². The molecule has 0 radical (unpaired) electrons. The third kappa shape index (κ3) is 3.60. The van der Waals surface area contributed by atoms with Crippen LogP contribution < -0.4 is 0 Å². The Morgan fingerprint density at radius 1 is 1.33 bits per heavy atom. The fraction of sp³-hybridized carbons (Fsp3) is 0.450. The number of nitrogens with one attached hydrogen (secondary N) is 1. The Morgan fingerprint density at radius 2 is 2.19 bits per heavy atom. The molecule has 142 valence electrons. The maximum Gasteiger partial charge on any atom is 0.275 e. The maximum atomic E-state index is 13.1. The predicted octanol–water partition coefficient (Wildman–Crippen LogP) is 2.34. The number of H-pyrrole nitrogens is 1. The second-order valence-corrected chi connectivity index (χ2v) is 7.49. The number of para-hydroxylation sites is 1. The van der Waals surface area contributed by atoms with E-state index in [4.69, 9.17) is 0 Å². The van der Waals surface area contributed by atoms with Crippen LogP contribution in [0.4, 0.5) is 0 Å². The number of carbonyl (C=O) groups is 1. The highest BCUT2D eigenvalue weighted by Crippen LogP contribution is 2.27. The van der Waals surface area contributed by atoms with E-state index < -0.39 is 0 Å². The van der Waals surface area contributed by atoms with Gasteiger partial charge in [0.2, 0.25) is 0 Å². The highest BCUT2D eigenvalue weighted by molar-refractivity contribution is 6.04. The van der Waals surface area contributed by atoms with E-state index >= 15 is 0 Å². The van der Waals surface area contributed by atoms with Gasteiger partial charge in [0.25, 0.3) is 5.91 Å². The van der Waals surface area contributed by atoms with Gasteiger partial charge >= 0.3 is 0 Å². The Hall–Kier alpha value is -2.67. The quantitative estimate of drug-likeness (QED) is 0.752. The van der Waals surface area contributed by atoms with Crippen molar-refractivity contribution in [3.05, 3.63) is 48.2 Å². The number of hydrogen-bond acceptors (Lipinski definition) is 4. The highest BCUT2D eigenvalue weighted by atomic mass is 16.2. The van der Waals surface area contributed by atoms with Gasteiger partial charge in [-0.15, -0.1) is 0 Å². The topological polar surface area (TPSA) is 70.1 Å². The van der Waals surface area contributed by atoms with E-state index in [0.29, 0.717) is 12.2 Å². The maximum absolute atomic E-state index is 13.1. The van der Waals surface area contributed by atoms with Crippen molar-refractivity contribution in [2.75, 3.05) is 33.7 Å². The van der Waals surface area contributed by atoms with Crippen molar-refractivity contribution in [2.45, 2.75) is 25.3 Å². The van der Waals surface area contributed by atoms with Gasteiger partial charge in [-0.1, -0.05) is 18.2 Å². The van der Waals surface area contributed by atoms with Crippen molar-refractivity contribution in [1.29, 1.82) is 0 Å². The standard InChI is InChI=1S/C20H26N6O/c1-24(2)12-13-25-11-9-21-19(25)15-6-5-10-26(14-15)20(27)18-16-7-3-4-8-17(16)22-23-18/h3-4,7-9,11,15H,5-6,10,12-14H2,1-2H3,(H,22,23). The molecule has 1 N–H and O–H groups in total. The molecule has 1 atom stereocenters. The molecule has 1 saturated heterocycles. The summed E-state index contributed by atoms with van der Waals surface area (Å²) >= 11 is 0. The number of fused-ring (bicyclic) bond motifs is 1. The number of aromatic nitrogens is 4. The number of amides is 1. The lowest BCUT2D eigenvalue weighted by Gasteiger charge is -2.32. The number of hydrogen-bond donors (Lipinski definition) is 1. The minimum absolute atomic E-state index is 0.00328. The first kappa shape index (κ1) is 17.7. The summed E-state index contributed by atoms with van der Waals surface area (Å²) in [5.74, 6) is 1.36. The average Bonchev–Trinajstić information content (AvgIpc) is 3.33. The van der Waals surface area contributed by atoms with E-state index in [1.807, 2.05) is 41.6 Å². The molecule has 4 rings (SSSR count). The van der Waals surface area contributed by atoms with Crippen LogP contribution in [0, 0.1) is 0 Å². The highest BCUT2D eigenvalue weighted by Gasteiger charge is 2.29. The van der Waals surface area contributed by atoms with Gasteiger partial charge in [0, 0.05) is 49.9 Å². The molecule has 0 saturated carbocycles. The zero-order chi connectivity index (χ0) is 18.8. The zero-order valence-electron chi connectivity index (χ0n) is 15.9. The van der Waals surface area contributed by atoms with Crippen LogP contribution in [0.3, 0.4) is 0 Å². The van der Waals surface area contributed by atoms with Gasteiger partial charge in [0.1, 0.15) is 5.82 Å². The molecule has 1 amide bonds. The molecule has 2 aromatic heterocycles. The van der Waals surface area contributed by atoms with Crippen molar-refractivity contribution >= 4 is 16.8 Å². The lowest BCUT2D eigenvalue weighted by atomic mass is 9.96. The van der Waals surface area contributed by atoms with Gasteiger partial charge in [0.15, 0.2) is 5.69 Å². The molecule has 1 aliphatic heterocycles. The lowest BCUT2D eigenvalue weighted by Crippen LogP contribution is -2.40. The molecule has 3 aromatic rings. The molecule has 0 spiro atoms. The molecular weight excluding hydrogens is 340 g/mol. The first-order valence-electron chi connectivity index (χ1n) is 9.51. The van der Waals surface area contributed by atoms with Crippen LogP contribution in [0.2, 0.25) is 0 Å². The van der Waals surface area contributed by atoms with Gasteiger partial charge in [-0.3, -0.25) is 9.89 Å². The number of imidazole rings is 1. The van der Waals surface area contributed by atoms with Crippen molar-refractivity contribution in [3.8, 4) is 0 Å². The first-order valence-corrected chi connectivity index (χ1v) is 9.51. The number of nitrogens with zero attached hydrogens (tertiary/aromatic N) is 5. The summed E-state index contributed by atoms with van der Waals surface area (Å²) in [6, 6.07) is 7.77. The summed E-state index contributed by atoms with van der Waals surface area (Å²) < 4.78 is 2.22. The number of likely N-dealkylation sites (tertiary alicyclic amines) is 1. The normalized spacial score (nSPS) is 17.7. The monoisotopic (exact) mass is 366 g/mol. The van der Waals surface area contributed by atoms with Crippen molar-refractivity contribution in [2.24, 2.45) is 0 Å². The van der Waals surface area contributed by atoms with Gasteiger partial charge in [-0.25, -0.2) is 4.98 Å². The predicted molar refractivity (Wildman–Crippen MR) is 105 cm³/mol. The number of likely N-dealkylation sites (N-methyl/N-ethyl adjacent to an activating group) is 1. The Balaban J connectivity index is 1.52. The molecule has 27 heavy (non-hydrogen) atoms. The van der Waals surface area contributed by atoms with Crippen LogP contribution in [0.1, 0.15) is 35.1 Å². The summed E-state index contributed by atoms with van der Waals surface area (Å²) in [5.41, 5.74) is 1.41. The van der Waals surface area contributed by atoms with Gasteiger partial charge in [-0.05, 0) is 33.0 Å². The van der Waals surface area contributed by atoms with Crippen LogP contribution >= 0.6 is 0 Å². The largest absolute Gasteiger partial charge is 0.337 e. The lowest BCUT2D eigenvalue weighted by molar-refractivity contribution is 0.0699. The Morgan fingerprint density at radius 3 is 3.04 bits per heavy atom. The molecule has 7 nitrogen and oxygen atoms in total. The molecule has 3 heterocycles. The first-order chi connectivity index (χ1) is 13.1. The molecular formula is C20H26N6O. The Bertz CT molecular complexity index is 927. The van der Waals surface area contributed by atoms with Crippen molar-refractivity contribution in [3.63, 3.8) is 0 Å². The van der Waals surface area contributed by atoms with E-state index in [-0.39, 0.29) is 11.8 Å². The van der Waals surface area contributed by atoms with E-state index in [9.17, 15) is 4.79 Å². The van der Waals surface area contributed by atoms with Crippen molar-refractivity contribution < 1.29 is 4.79 Å². The van der Waals surface area contributed by atoms with Crippen LogP contribution in [-0.4, -0.2) is 69.2 Å². The minimum Gasteiger partial charge on any atom is -0.337 e. The Kier molecular flexibility index (Phi) is 4.94. The van der Waals surface area contributed by atoms with Crippen LogP contribution in [-0.2, 0) is 6.54 Å². The summed E-state index contributed by atoms with van der Waals surface area (Å²) in [6.45, 7) is 3.35. The van der Waals surface area contributed by atoms with Gasteiger partial charge in [0.05, 0.1) is 5.52 Å². The van der Waals surface area contributed by atoms with Gasteiger partial charge < -0.3 is 14.4 Å². The van der Waals surface area contributed by atoms with E-state index in [0.717, 1.165) is 49.2 Å². The number of aromatic amines is 1. The second-order valence-electron chi connectivity index (χ2n) is 7.49. The third-order valence-corrected chi connectivity index (χ3v) is 5.28. The molecule has 1 fully saturated rings. The number of carbonyl (C=O) groups excluding carboxylic acids is 1. The molecule has 0 aliphatic carbocycles. The summed E-state index contributed by atoms with van der Waals surface area (Å²) in [6.07, 6.45) is 5.96.